The Hall–Kier alpha value is -0.330. The number of carbonyl (C=O) groups excluding carboxylic acids is 1. The molecular weight excluding hydrogens is 266 g/mol. The van der Waals surface area contributed by atoms with Crippen molar-refractivity contribution in [2.24, 2.45) is 0 Å². The van der Waals surface area contributed by atoms with Gasteiger partial charge in [-0.05, 0) is 25.7 Å². The molecule has 0 saturated carbocycles. The summed E-state index contributed by atoms with van der Waals surface area (Å²) in [6.45, 7) is 0.882. The molecule has 2 aliphatic rings. The quantitative estimate of drug-likeness (QED) is 0.745. The standard InChI is InChI=1S/C10H16ClNO4S/c11-7-4-6-16-10(7)17(14,15)8-3-1-2-5-12-9(8)13/h7-8,10H,1-6H2,(H,12,13). The van der Waals surface area contributed by atoms with E-state index in [1.165, 1.54) is 0 Å². The molecule has 7 heteroatoms. The minimum atomic E-state index is -3.65. The van der Waals surface area contributed by atoms with Crippen molar-refractivity contribution < 1.29 is 17.9 Å². The van der Waals surface area contributed by atoms with Crippen LogP contribution < -0.4 is 5.32 Å². The first-order valence-corrected chi connectivity index (χ1v) is 7.84. The molecular formula is C10H16ClNO4S. The van der Waals surface area contributed by atoms with Crippen LogP contribution in [-0.2, 0) is 19.4 Å². The summed E-state index contributed by atoms with van der Waals surface area (Å²) in [6, 6.07) is 0. The van der Waals surface area contributed by atoms with Crippen LogP contribution in [0.4, 0.5) is 0 Å². The van der Waals surface area contributed by atoms with Gasteiger partial charge in [0.15, 0.2) is 15.3 Å². The zero-order valence-corrected chi connectivity index (χ0v) is 11.0. The van der Waals surface area contributed by atoms with E-state index in [9.17, 15) is 13.2 Å². The molecule has 0 aromatic heterocycles. The van der Waals surface area contributed by atoms with Crippen LogP contribution in [0.3, 0.4) is 0 Å². The second kappa shape index (κ2) is 5.12. The molecule has 0 aliphatic carbocycles. The first-order chi connectivity index (χ1) is 8.03. The highest BCUT2D eigenvalue weighted by atomic mass is 35.5. The van der Waals surface area contributed by atoms with E-state index in [-0.39, 0.29) is 0 Å². The summed E-state index contributed by atoms with van der Waals surface area (Å²) in [5, 5.41) is 1.07. The largest absolute Gasteiger partial charge is 0.361 e. The molecule has 17 heavy (non-hydrogen) atoms. The van der Waals surface area contributed by atoms with Crippen molar-refractivity contribution in [3.05, 3.63) is 0 Å². The van der Waals surface area contributed by atoms with E-state index in [0.717, 1.165) is 12.8 Å². The molecule has 98 valence electrons. The minimum Gasteiger partial charge on any atom is -0.361 e. The fraction of sp³-hybridized carbons (Fsp3) is 0.900. The Morgan fingerprint density at radius 1 is 1.29 bits per heavy atom. The number of alkyl halides is 1. The second-order valence-corrected chi connectivity index (χ2v) is 7.18. The van der Waals surface area contributed by atoms with Crippen LogP contribution in [-0.4, -0.2) is 43.5 Å². The van der Waals surface area contributed by atoms with Gasteiger partial charge in [-0.1, -0.05) is 0 Å². The Morgan fingerprint density at radius 2 is 2.06 bits per heavy atom. The molecule has 5 nitrogen and oxygen atoms in total. The number of rotatable bonds is 2. The average molecular weight is 282 g/mol. The maximum Gasteiger partial charge on any atom is 0.238 e. The van der Waals surface area contributed by atoms with Gasteiger partial charge in [-0.25, -0.2) is 8.42 Å². The zero-order valence-electron chi connectivity index (χ0n) is 9.39. The zero-order chi connectivity index (χ0) is 12.5. The number of ether oxygens (including phenoxy) is 1. The summed E-state index contributed by atoms with van der Waals surface area (Å²) in [5.41, 5.74) is -1.03. The summed E-state index contributed by atoms with van der Waals surface area (Å²) >= 11 is 5.93. The Labute approximate surface area is 106 Å². The third-order valence-corrected chi connectivity index (χ3v) is 6.13. The van der Waals surface area contributed by atoms with E-state index in [2.05, 4.69) is 5.32 Å². The van der Waals surface area contributed by atoms with Crippen LogP contribution >= 0.6 is 11.6 Å². The molecule has 0 radical (unpaired) electrons. The topological polar surface area (TPSA) is 72.5 Å². The number of hydrogen-bond donors (Lipinski definition) is 1. The number of hydrogen-bond acceptors (Lipinski definition) is 4. The van der Waals surface area contributed by atoms with Gasteiger partial charge in [0.1, 0.15) is 5.25 Å². The summed E-state index contributed by atoms with van der Waals surface area (Å²) in [7, 11) is -3.65. The third-order valence-electron chi connectivity index (χ3n) is 3.18. The summed E-state index contributed by atoms with van der Waals surface area (Å²) in [6.07, 6.45) is 2.41. The SMILES string of the molecule is O=C1NCCCCC1S(=O)(=O)C1OCCC1Cl. The van der Waals surface area contributed by atoms with Gasteiger partial charge in [-0.2, -0.15) is 0 Å². The lowest BCUT2D eigenvalue weighted by molar-refractivity contribution is -0.120. The normalized spacial score (nSPS) is 35.4. The molecule has 2 aliphatic heterocycles. The first-order valence-electron chi connectivity index (χ1n) is 5.79. The maximum atomic E-state index is 12.3. The molecule has 0 aromatic rings. The highest BCUT2D eigenvalue weighted by molar-refractivity contribution is 7.93. The Kier molecular flexibility index (Phi) is 3.95. The molecule has 3 atom stereocenters. The van der Waals surface area contributed by atoms with E-state index in [0.29, 0.717) is 26.0 Å². The van der Waals surface area contributed by atoms with Gasteiger partial charge >= 0.3 is 0 Å². The fourth-order valence-electron chi connectivity index (χ4n) is 2.22. The summed E-state index contributed by atoms with van der Waals surface area (Å²) in [5.74, 6) is -0.415. The van der Waals surface area contributed by atoms with E-state index >= 15 is 0 Å². The Bertz CT molecular complexity index is 397. The van der Waals surface area contributed by atoms with Crippen LogP contribution in [0.15, 0.2) is 0 Å². The van der Waals surface area contributed by atoms with E-state index in [1.807, 2.05) is 0 Å². The van der Waals surface area contributed by atoms with E-state index < -0.39 is 31.8 Å². The van der Waals surface area contributed by atoms with Crippen molar-refractivity contribution in [2.75, 3.05) is 13.2 Å². The summed E-state index contributed by atoms with van der Waals surface area (Å²) in [4.78, 5) is 11.7. The first kappa shape index (κ1) is 13.1. The van der Waals surface area contributed by atoms with Crippen molar-refractivity contribution in [3.8, 4) is 0 Å². The molecule has 1 N–H and O–H groups in total. The van der Waals surface area contributed by atoms with Crippen molar-refractivity contribution >= 4 is 27.3 Å². The van der Waals surface area contributed by atoms with Gasteiger partial charge < -0.3 is 10.1 Å². The highest BCUT2D eigenvalue weighted by Gasteiger charge is 2.45. The van der Waals surface area contributed by atoms with Crippen LogP contribution in [0, 0.1) is 0 Å². The number of nitrogens with one attached hydrogen (secondary N) is 1. The van der Waals surface area contributed by atoms with Crippen LogP contribution in [0.5, 0.6) is 0 Å². The molecule has 2 saturated heterocycles. The van der Waals surface area contributed by atoms with Crippen molar-refractivity contribution in [1.82, 2.24) is 5.32 Å². The molecule has 1 amide bonds. The molecule has 2 heterocycles. The predicted octanol–water partition coefficient (Wildman–Crippen LogP) is 0.424. The fourth-order valence-corrected chi connectivity index (χ4v) is 4.85. The highest BCUT2D eigenvalue weighted by Crippen LogP contribution is 2.29. The van der Waals surface area contributed by atoms with Gasteiger partial charge in [0, 0.05) is 13.2 Å². The van der Waals surface area contributed by atoms with E-state index in [4.69, 9.17) is 16.3 Å². The average Bonchev–Trinajstić information content (AvgIpc) is 2.57. The second-order valence-electron chi connectivity index (χ2n) is 4.41. The lowest BCUT2D eigenvalue weighted by Gasteiger charge is -2.20. The van der Waals surface area contributed by atoms with Gasteiger partial charge in [-0.3, -0.25) is 4.79 Å². The van der Waals surface area contributed by atoms with Gasteiger partial charge in [0.05, 0.1) is 5.38 Å². The van der Waals surface area contributed by atoms with Crippen LogP contribution in [0.25, 0.3) is 0 Å². The molecule has 2 rings (SSSR count). The van der Waals surface area contributed by atoms with Crippen molar-refractivity contribution in [1.29, 1.82) is 0 Å². The number of sulfone groups is 1. The monoisotopic (exact) mass is 281 g/mol. The lowest BCUT2D eigenvalue weighted by Crippen LogP contribution is -2.44. The molecule has 0 bridgehead atoms. The van der Waals surface area contributed by atoms with Crippen molar-refractivity contribution in [2.45, 2.75) is 41.7 Å². The van der Waals surface area contributed by atoms with Crippen molar-refractivity contribution in [3.63, 3.8) is 0 Å². The lowest BCUT2D eigenvalue weighted by atomic mass is 10.2. The molecule has 0 aromatic carbocycles. The maximum absolute atomic E-state index is 12.3. The van der Waals surface area contributed by atoms with Crippen LogP contribution in [0.2, 0.25) is 0 Å². The number of halogens is 1. The predicted molar refractivity (Wildman–Crippen MR) is 63.6 cm³/mol. The number of carbonyl (C=O) groups is 1. The minimum absolute atomic E-state index is 0.340. The smallest absolute Gasteiger partial charge is 0.238 e. The molecule has 3 unspecified atom stereocenters. The molecule has 0 spiro atoms. The number of amides is 1. The summed E-state index contributed by atoms with van der Waals surface area (Å²) < 4.78 is 29.8. The van der Waals surface area contributed by atoms with Gasteiger partial charge in [-0.15, -0.1) is 11.6 Å². The Balaban J connectivity index is 2.21. The van der Waals surface area contributed by atoms with E-state index in [1.54, 1.807) is 0 Å². The molecule has 2 fully saturated rings. The Morgan fingerprint density at radius 3 is 2.71 bits per heavy atom. The third kappa shape index (κ3) is 2.58. The van der Waals surface area contributed by atoms with Gasteiger partial charge in [0.2, 0.25) is 5.91 Å². The van der Waals surface area contributed by atoms with Gasteiger partial charge in [0.25, 0.3) is 0 Å². The van der Waals surface area contributed by atoms with Crippen LogP contribution in [0.1, 0.15) is 25.7 Å².